The second kappa shape index (κ2) is 4.49. The molecule has 3 nitrogen and oxygen atoms in total. The highest BCUT2D eigenvalue weighted by Crippen LogP contribution is 2.15. The van der Waals surface area contributed by atoms with Crippen LogP contribution in [0.15, 0.2) is 36.7 Å². The molecule has 1 atom stereocenters. The van der Waals surface area contributed by atoms with Gasteiger partial charge in [0.25, 0.3) is 0 Å². The Hall–Kier alpha value is -1.61. The quantitative estimate of drug-likeness (QED) is 0.851. The Morgan fingerprint density at radius 2 is 2.12 bits per heavy atom. The van der Waals surface area contributed by atoms with E-state index >= 15 is 0 Å². The fraction of sp³-hybridized carbons (Fsp3) is 0.308. The summed E-state index contributed by atoms with van der Waals surface area (Å²) in [6.45, 7) is 4.06. The molecule has 1 heterocycles. The number of hydrogen-bond donors (Lipinski definition) is 1. The molecular weight excluding hydrogens is 198 g/mol. The van der Waals surface area contributed by atoms with E-state index in [4.69, 9.17) is 5.73 Å². The third-order valence-corrected chi connectivity index (χ3v) is 2.49. The minimum atomic E-state index is 0.165. The van der Waals surface area contributed by atoms with Gasteiger partial charge in [0.15, 0.2) is 0 Å². The molecule has 0 spiro atoms. The molecular formula is C13H17N3. The molecule has 2 rings (SSSR count). The van der Waals surface area contributed by atoms with Crippen LogP contribution < -0.4 is 5.73 Å². The van der Waals surface area contributed by atoms with Crippen molar-refractivity contribution in [2.45, 2.75) is 26.3 Å². The smallest absolute Gasteiger partial charge is 0.0678 e. The lowest BCUT2D eigenvalue weighted by atomic mass is 10.1. The third kappa shape index (κ3) is 2.31. The Kier molecular flexibility index (Phi) is 3.06. The highest BCUT2D eigenvalue weighted by atomic mass is 15.3. The van der Waals surface area contributed by atoms with E-state index in [9.17, 15) is 0 Å². The van der Waals surface area contributed by atoms with E-state index in [-0.39, 0.29) is 6.04 Å². The molecule has 1 unspecified atom stereocenters. The van der Waals surface area contributed by atoms with Crippen LogP contribution in [0.25, 0.3) is 5.69 Å². The first kappa shape index (κ1) is 10.9. The summed E-state index contributed by atoms with van der Waals surface area (Å²) in [6, 6.07) is 8.41. The van der Waals surface area contributed by atoms with Gasteiger partial charge in [0.2, 0.25) is 0 Å². The standard InChI is InChI=1S/C13H17N3/c1-10-8-15-16(9-10)13-6-4-3-5-12(13)7-11(2)14/h3-6,8-9,11H,7,14H2,1-2H3. The maximum atomic E-state index is 5.85. The molecule has 0 radical (unpaired) electrons. The van der Waals surface area contributed by atoms with E-state index in [1.54, 1.807) is 0 Å². The first-order valence-electron chi connectivity index (χ1n) is 5.52. The molecule has 2 aromatic rings. The number of hydrogen-bond acceptors (Lipinski definition) is 2. The first-order chi connectivity index (χ1) is 7.66. The molecule has 0 amide bonds. The van der Waals surface area contributed by atoms with Crippen LogP contribution in [-0.2, 0) is 6.42 Å². The molecule has 0 fully saturated rings. The van der Waals surface area contributed by atoms with Crippen molar-refractivity contribution in [2.75, 3.05) is 0 Å². The van der Waals surface area contributed by atoms with Gasteiger partial charge >= 0.3 is 0 Å². The Labute approximate surface area is 95.9 Å². The summed E-state index contributed by atoms with van der Waals surface area (Å²) >= 11 is 0. The van der Waals surface area contributed by atoms with Gasteiger partial charge in [0.1, 0.15) is 0 Å². The van der Waals surface area contributed by atoms with Gasteiger partial charge in [-0.15, -0.1) is 0 Å². The zero-order valence-electron chi connectivity index (χ0n) is 9.72. The van der Waals surface area contributed by atoms with Gasteiger partial charge in [-0.1, -0.05) is 18.2 Å². The SMILES string of the molecule is Cc1cnn(-c2ccccc2CC(C)N)c1. The van der Waals surface area contributed by atoms with E-state index < -0.39 is 0 Å². The van der Waals surface area contributed by atoms with E-state index in [0.717, 1.165) is 17.7 Å². The van der Waals surface area contributed by atoms with E-state index in [1.165, 1.54) is 5.56 Å². The molecule has 0 saturated heterocycles. The van der Waals surface area contributed by atoms with Gasteiger partial charge in [-0.05, 0) is 37.5 Å². The minimum absolute atomic E-state index is 0.165. The van der Waals surface area contributed by atoms with Crippen LogP contribution in [0.3, 0.4) is 0 Å². The predicted molar refractivity (Wildman–Crippen MR) is 65.7 cm³/mol. The lowest BCUT2D eigenvalue weighted by Crippen LogP contribution is -2.19. The highest BCUT2D eigenvalue weighted by Gasteiger charge is 2.06. The average molecular weight is 215 g/mol. The van der Waals surface area contributed by atoms with Crippen molar-refractivity contribution in [3.05, 3.63) is 47.8 Å². The van der Waals surface area contributed by atoms with E-state index in [1.807, 2.05) is 43.1 Å². The average Bonchev–Trinajstić information content (AvgIpc) is 2.65. The summed E-state index contributed by atoms with van der Waals surface area (Å²) < 4.78 is 1.91. The molecule has 0 saturated carbocycles. The molecule has 0 aliphatic rings. The molecule has 84 valence electrons. The lowest BCUT2D eigenvalue weighted by molar-refractivity contribution is 0.727. The third-order valence-electron chi connectivity index (χ3n) is 2.49. The summed E-state index contributed by atoms with van der Waals surface area (Å²) in [6.07, 6.45) is 4.76. The van der Waals surface area contributed by atoms with Crippen molar-refractivity contribution in [3.63, 3.8) is 0 Å². The van der Waals surface area contributed by atoms with E-state index in [2.05, 4.69) is 17.2 Å². The number of benzene rings is 1. The summed E-state index contributed by atoms with van der Waals surface area (Å²) in [5.74, 6) is 0. The normalized spacial score (nSPS) is 12.7. The van der Waals surface area contributed by atoms with Crippen molar-refractivity contribution in [3.8, 4) is 5.69 Å². The fourth-order valence-electron chi connectivity index (χ4n) is 1.80. The predicted octanol–water partition coefficient (Wildman–Crippen LogP) is 2.07. The van der Waals surface area contributed by atoms with Crippen LogP contribution in [0.4, 0.5) is 0 Å². The number of para-hydroxylation sites is 1. The van der Waals surface area contributed by atoms with Crippen molar-refractivity contribution < 1.29 is 0 Å². The van der Waals surface area contributed by atoms with E-state index in [0.29, 0.717) is 0 Å². The summed E-state index contributed by atoms with van der Waals surface area (Å²) in [4.78, 5) is 0. The minimum Gasteiger partial charge on any atom is -0.328 e. The van der Waals surface area contributed by atoms with Crippen molar-refractivity contribution >= 4 is 0 Å². The zero-order valence-corrected chi connectivity index (χ0v) is 9.72. The summed E-state index contributed by atoms with van der Waals surface area (Å²) in [7, 11) is 0. The monoisotopic (exact) mass is 215 g/mol. The van der Waals surface area contributed by atoms with Crippen LogP contribution in [0.1, 0.15) is 18.1 Å². The lowest BCUT2D eigenvalue weighted by Gasteiger charge is -2.11. The first-order valence-corrected chi connectivity index (χ1v) is 5.52. The van der Waals surface area contributed by atoms with Gasteiger partial charge in [0, 0.05) is 12.2 Å². The number of nitrogens with two attached hydrogens (primary N) is 1. The maximum absolute atomic E-state index is 5.85. The Morgan fingerprint density at radius 1 is 1.38 bits per heavy atom. The molecule has 2 N–H and O–H groups in total. The van der Waals surface area contributed by atoms with Gasteiger partial charge < -0.3 is 5.73 Å². The van der Waals surface area contributed by atoms with Crippen molar-refractivity contribution in [2.24, 2.45) is 5.73 Å². The Bertz CT molecular complexity index is 472. The largest absolute Gasteiger partial charge is 0.328 e. The van der Waals surface area contributed by atoms with Crippen molar-refractivity contribution in [1.82, 2.24) is 9.78 Å². The maximum Gasteiger partial charge on any atom is 0.0678 e. The Balaban J connectivity index is 2.40. The van der Waals surface area contributed by atoms with Gasteiger partial charge in [-0.25, -0.2) is 4.68 Å². The number of rotatable bonds is 3. The molecule has 1 aromatic heterocycles. The van der Waals surface area contributed by atoms with Crippen LogP contribution in [-0.4, -0.2) is 15.8 Å². The number of aromatic nitrogens is 2. The van der Waals surface area contributed by atoms with Crippen molar-refractivity contribution in [1.29, 1.82) is 0 Å². The van der Waals surface area contributed by atoms with Crippen LogP contribution in [0.2, 0.25) is 0 Å². The molecule has 0 bridgehead atoms. The topological polar surface area (TPSA) is 43.8 Å². The van der Waals surface area contributed by atoms with Gasteiger partial charge in [-0.3, -0.25) is 0 Å². The number of nitrogens with zero attached hydrogens (tertiary/aromatic N) is 2. The summed E-state index contributed by atoms with van der Waals surface area (Å²) in [5.41, 5.74) is 9.36. The van der Waals surface area contributed by atoms with Gasteiger partial charge in [0.05, 0.1) is 11.9 Å². The summed E-state index contributed by atoms with van der Waals surface area (Å²) in [5, 5.41) is 4.33. The Morgan fingerprint density at radius 3 is 2.75 bits per heavy atom. The molecule has 1 aromatic carbocycles. The molecule has 3 heteroatoms. The molecule has 0 aliphatic carbocycles. The van der Waals surface area contributed by atoms with Crippen LogP contribution in [0, 0.1) is 6.92 Å². The van der Waals surface area contributed by atoms with Crippen LogP contribution in [0.5, 0.6) is 0 Å². The second-order valence-corrected chi connectivity index (χ2v) is 4.27. The zero-order chi connectivity index (χ0) is 11.5. The molecule has 0 aliphatic heterocycles. The fourth-order valence-corrected chi connectivity index (χ4v) is 1.80. The highest BCUT2D eigenvalue weighted by molar-refractivity contribution is 5.41. The van der Waals surface area contributed by atoms with Crippen LogP contribution >= 0.6 is 0 Å². The second-order valence-electron chi connectivity index (χ2n) is 4.27. The molecule has 16 heavy (non-hydrogen) atoms. The number of aryl methyl sites for hydroxylation is 1. The van der Waals surface area contributed by atoms with Gasteiger partial charge in [-0.2, -0.15) is 5.10 Å².